The second-order valence-corrected chi connectivity index (χ2v) is 7.77. The molecule has 0 aliphatic carbocycles. The molecule has 1 aliphatic rings. The highest BCUT2D eigenvalue weighted by atomic mass is 35.5. The Balaban J connectivity index is 2.01. The number of hydrogen-bond donors (Lipinski definition) is 0. The van der Waals surface area contributed by atoms with Gasteiger partial charge >= 0.3 is 0 Å². The normalized spacial score (nSPS) is 18.1. The second kappa shape index (κ2) is 8.15. The van der Waals surface area contributed by atoms with Crippen molar-refractivity contribution in [3.63, 3.8) is 0 Å². The molecule has 3 nitrogen and oxygen atoms in total. The molecule has 0 aromatic heterocycles. The van der Waals surface area contributed by atoms with Crippen LogP contribution in [-0.4, -0.2) is 20.3 Å². The highest BCUT2D eigenvalue weighted by molar-refractivity contribution is 6.33. The molecule has 0 bridgehead atoms. The van der Waals surface area contributed by atoms with Gasteiger partial charge in [-0.2, -0.15) is 0 Å². The Morgan fingerprint density at radius 3 is 2.23 bits per heavy atom. The lowest BCUT2D eigenvalue weighted by Crippen LogP contribution is -2.43. The summed E-state index contributed by atoms with van der Waals surface area (Å²) in [5, 5.41) is 0.284. The van der Waals surface area contributed by atoms with Crippen molar-refractivity contribution in [3.8, 4) is 11.5 Å². The second-order valence-electron chi connectivity index (χ2n) is 7.36. The number of hydrogen-bond acceptors (Lipinski definition) is 3. The summed E-state index contributed by atoms with van der Waals surface area (Å²) in [5.41, 5.74) is 2.53. The maximum absolute atomic E-state index is 15.0. The molecule has 1 aliphatic heterocycles. The molecular formula is C24H22ClF2NO2. The van der Waals surface area contributed by atoms with E-state index in [1.807, 2.05) is 24.0 Å². The minimum absolute atomic E-state index is 0.144. The first-order valence-electron chi connectivity index (χ1n) is 9.67. The number of benzene rings is 3. The van der Waals surface area contributed by atoms with E-state index in [1.54, 1.807) is 44.6 Å². The summed E-state index contributed by atoms with van der Waals surface area (Å²) in [6.45, 7) is 1.98. The maximum atomic E-state index is 15.0. The molecule has 1 heterocycles. The summed E-state index contributed by atoms with van der Waals surface area (Å²) >= 11 is 6.43. The Bertz CT molecular complexity index is 1070. The third kappa shape index (κ3) is 3.37. The lowest BCUT2D eigenvalue weighted by Gasteiger charge is -2.44. The molecule has 156 valence electrons. The first-order chi connectivity index (χ1) is 14.5. The van der Waals surface area contributed by atoms with E-state index in [1.165, 1.54) is 12.1 Å². The van der Waals surface area contributed by atoms with Crippen LogP contribution >= 0.6 is 11.6 Å². The molecule has 0 spiro atoms. The quantitative estimate of drug-likeness (QED) is 0.494. The van der Waals surface area contributed by atoms with E-state index in [0.717, 1.165) is 11.1 Å². The first kappa shape index (κ1) is 20.5. The van der Waals surface area contributed by atoms with E-state index in [9.17, 15) is 4.39 Å². The number of fused-ring (bicyclic) bond motifs is 1. The molecule has 0 saturated heterocycles. The van der Waals surface area contributed by atoms with Crippen LogP contribution in [0.2, 0.25) is 5.02 Å². The highest BCUT2D eigenvalue weighted by Gasteiger charge is 2.38. The molecule has 0 amide bonds. The number of rotatable bonds is 4. The summed E-state index contributed by atoms with van der Waals surface area (Å²) < 4.78 is 40.9. The fraction of sp³-hybridized carbons (Fsp3) is 0.250. The van der Waals surface area contributed by atoms with Crippen LogP contribution in [0, 0.1) is 11.6 Å². The molecule has 2 unspecified atom stereocenters. The van der Waals surface area contributed by atoms with Crippen LogP contribution in [0.1, 0.15) is 29.7 Å². The molecule has 2 atom stereocenters. The number of nitrogens with zero attached hydrogens (tertiary/aromatic N) is 1. The Morgan fingerprint density at radius 1 is 0.900 bits per heavy atom. The van der Waals surface area contributed by atoms with Gasteiger partial charge in [0.25, 0.3) is 0 Å². The summed E-state index contributed by atoms with van der Waals surface area (Å²) in [6, 6.07) is 14.2. The SMILES string of the molecule is COc1cc2c(cc1OC)C(c1ccccc1F)N(c1c(F)cccc1Cl)C(C)C2. The topological polar surface area (TPSA) is 21.7 Å². The van der Waals surface area contributed by atoms with Gasteiger partial charge in [-0.05, 0) is 54.8 Å². The zero-order chi connectivity index (χ0) is 21.4. The average Bonchev–Trinajstić information content (AvgIpc) is 2.73. The van der Waals surface area contributed by atoms with Crippen LogP contribution in [0.5, 0.6) is 11.5 Å². The van der Waals surface area contributed by atoms with Gasteiger partial charge in [0.2, 0.25) is 0 Å². The lowest BCUT2D eigenvalue weighted by molar-refractivity contribution is 0.352. The lowest BCUT2D eigenvalue weighted by atomic mass is 9.84. The van der Waals surface area contributed by atoms with E-state index in [-0.39, 0.29) is 22.6 Å². The number of anilines is 1. The van der Waals surface area contributed by atoms with Gasteiger partial charge in [-0.1, -0.05) is 35.9 Å². The predicted octanol–water partition coefficient (Wildman–Crippen LogP) is 6.18. The van der Waals surface area contributed by atoms with Crippen LogP contribution in [0.4, 0.5) is 14.5 Å². The summed E-state index contributed by atoms with van der Waals surface area (Å²) in [6.07, 6.45) is 0.616. The van der Waals surface area contributed by atoms with Gasteiger partial charge in [-0.25, -0.2) is 8.78 Å². The number of ether oxygens (including phenoxy) is 2. The van der Waals surface area contributed by atoms with E-state index >= 15 is 4.39 Å². The van der Waals surface area contributed by atoms with Gasteiger partial charge in [0.05, 0.1) is 31.0 Å². The minimum atomic E-state index is -0.584. The van der Waals surface area contributed by atoms with E-state index < -0.39 is 11.9 Å². The zero-order valence-corrected chi connectivity index (χ0v) is 17.7. The molecule has 3 aromatic carbocycles. The third-order valence-corrected chi connectivity index (χ3v) is 5.91. The number of para-hydroxylation sites is 1. The Labute approximate surface area is 179 Å². The molecule has 3 aromatic rings. The summed E-state index contributed by atoms with van der Waals surface area (Å²) in [4.78, 5) is 1.87. The van der Waals surface area contributed by atoms with Crippen molar-refractivity contribution in [1.29, 1.82) is 0 Å². The molecule has 0 fully saturated rings. The zero-order valence-electron chi connectivity index (χ0n) is 17.0. The summed E-state index contributed by atoms with van der Waals surface area (Å²) in [5.74, 6) is 0.328. The van der Waals surface area contributed by atoms with Crippen molar-refractivity contribution in [3.05, 3.63) is 87.9 Å². The number of halogens is 3. The van der Waals surface area contributed by atoms with Crippen LogP contribution < -0.4 is 14.4 Å². The van der Waals surface area contributed by atoms with Crippen LogP contribution in [0.3, 0.4) is 0 Å². The molecule has 0 N–H and O–H groups in total. The molecule has 0 radical (unpaired) electrons. The van der Waals surface area contributed by atoms with Gasteiger partial charge in [-0.15, -0.1) is 0 Å². The van der Waals surface area contributed by atoms with Crippen molar-refractivity contribution in [2.75, 3.05) is 19.1 Å². The fourth-order valence-electron chi connectivity index (χ4n) is 4.29. The van der Waals surface area contributed by atoms with Gasteiger partial charge in [0.15, 0.2) is 11.5 Å². The molecule has 0 saturated carbocycles. The van der Waals surface area contributed by atoms with E-state index in [2.05, 4.69) is 0 Å². The fourth-order valence-corrected chi connectivity index (χ4v) is 4.55. The van der Waals surface area contributed by atoms with Crippen LogP contribution in [0.25, 0.3) is 0 Å². The highest BCUT2D eigenvalue weighted by Crippen LogP contribution is 2.47. The van der Waals surface area contributed by atoms with Crippen molar-refractivity contribution in [2.24, 2.45) is 0 Å². The molecule has 30 heavy (non-hydrogen) atoms. The van der Waals surface area contributed by atoms with Gasteiger partial charge in [0.1, 0.15) is 11.6 Å². The first-order valence-corrected chi connectivity index (χ1v) is 10.1. The monoisotopic (exact) mass is 429 g/mol. The standard InChI is InChI=1S/C24H22ClF2NO2/c1-14-11-15-12-21(29-2)22(30-3)13-17(15)23(16-7-4-5-9-19(16)26)28(14)24-18(25)8-6-10-20(24)27/h4-10,12-14,23H,11H2,1-3H3. The summed E-state index contributed by atoms with van der Waals surface area (Å²) in [7, 11) is 3.13. The molecule has 4 rings (SSSR count). The van der Waals surface area contributed by atoms with Crippen molar-refractivity contribution in [1.82, 2.24) is 0 Å². The molecule has 6 heteroatoms. The largest absolute Gasteiger partial charge is 0.493 e. The van der Waals surface area contributed by atoms with E-state index in [4.69, 9.17) is 21.1 Å². The van der Waals surface area contributed by atoms with Gasteiger partial charge in [-0.3, -0.25) is 0 Å². The van der Waals surface area contributed by atoms with Crippen molar-refractivity contribution >= 4 is 17.3 Å². The Morgan fingerprint density at radius 2 is 1.57 bits per heavy atom. The Hall–Kier alpha value is -2.79. The van der Waals surface area contributed by atoms with E-state index in [0.29, 0.717) is 23.5 Å². The number of methoxy groups -OCH3 is 2. The Kier molecular flexibility index (Phi) is 5.56. The maximum Gasteiger partial charge on any atom is 0.161 e. The third-order valence-electron chi connectivity index (χ3n) is 5.60. The van der Waals surface area contributed by atoms with Crippen molar-refractivity contribution in [2.45, 2.75) is 25.4 Å². The van der Waals surface area contributed by atoms with Crippen LogP contribution in [-0.2, 0) is 6.42 Å². The van der Waals surface area contributed by atoms with Gasteiger partial charge in [0, 0.05) is 11.6 Å². The smallest absolute Gasteiger partial charge is 0.161 e. The van der Waals surface area contributed by atoms with Crippen molar-refractivity contribution < 1.29 is 18.3 Å². The minimum Gasteiger partial charge on any atom is -0.493 e. The predicted molar refractivity (Wildman–Crippen MR) is 115 cm³/mol. The van der Waals surface area contributed by atoms with Crippen LogP contribution in [0.15, 0.2) is 54.6 Å². The van der Waals surface area contributed by atoms with Gasteiger partial charge < -0.3 is 14.4 Å². The molecular weight excluding hydrogens is 408 g/mol. The average molecular weight is 430 g/mol.